The van der Waals surface area contributed by atoms with Gasteiger partial charge in [-0.1, -0.05) is 0 Å². The summed E-state index contributed by atoms with van der Waals surface area (Å²) in [6.45, 7) is 1.86. The largest absolute Gasteiger partial charge is 0.494 e. The number of aliphatic hydroxyl groups is 1. The van der Waals surface area contributed by atoms with E-state index >= 15 is 0 Å². The Hall–Kier alpha value is -1.73. The molecule has 0 bridgehead atoms. The van der Waals surface area contributed by atoms with E-state index in [4.69, 9.17) is 14.9 Å². The molecular formula is C13H17NO5S. The van der Waals surface area contributed by atoms with Gasteiger partial charge in [-0.3, -0.25) is 4.79 Å². The van der Waals surface area contributed by atoms with Crippen molar-refractivity contribution in [2.75, 3.05) is 19.0 Å². The molecule has 0 aliphatic rings. The van der Waals surface area contributed by atoms with Crippen LogP contribution in [-0.4, -0.2) is 47.1 Å². The molecule has 1 amide bonds. The third kappa shape index (κ3) is 5.50. The number of ether oxygens (including phenoxy) is 1. The molecular weight excluding hydrogens is 282 g/mol. The fourth-order valence-corrected chi connectivity index (χ4v) is 2.08. The molecule has 1 rings (SSSR count). The highest BCUT2D eigenvalue weighted by molar-refractivity contribution is 8.00. The van der Waals surface area contributed by atoms with E-state index in [0.717, 1.165) is 10.6 Å². The Bertz CT molecular complexity index is 449. The van der Waals surface area contributed by atoms with Gasteiger partial charge in [0.15, 0.2) is 0 Å². The first-order valence-corrected chi connectivity index (χ1v) is 7.04. The number of nitrogens with one attached hydrogen (secondary N) is 1. The second-order valence-electron chi connectivity index (χ2n) is 3.83. The molecule has 3 N–H and O–H groups in total. The average Bonchev–Trinajstić information content (AvgIpc) is 2.44. The molecule has 1 atom stereocenters. The van der Waals surface area contributed by atoms with Gasteiger partial charge in [-0.05, 0) is 31.2 Å². The Morgan fingerprint density at radius 3 is 2.50 bits per heavy atom. The van der Waals surface area contributed by atoms with Crippen LogP contribution < -0.4 is 10.1 Å². The summed E-state index contributed by atoms with van der Waals surface area (Å²) in [5.74, 6) is -0.859. The van der Waals surface area contributed by atoms with Crippen molar-refractivity contribution >= 4 is 23.6 Å². The third-order valence-electron chi connectivity index (χ3n) is 2.32. The summed E-state index contributed by atoms with van der Waals surface area (Å²) in [6, 6.07) is 5.99. The number of carboxylic acids is 1. The number of carbonyl (C=O) groups excluding carboxylic acids is 1. The molecule has 110 valence electrons. The van der Waals surface area contributed by atoms with Crippen LogP contribution in [0.25, 0.3) is 0 Å². The summed E-state index contributed by atoms with van der Waals surface area (Å²) in [6.07, 6.45) is 0. The number of thioether (sulfide) groups is 1. The SMILES string of the molecule is CCOc1ccc(SCC(=O)N[C@H](CO)C(=O)O)cc1. The Morgan fingerprint density at radius 1 is 1.35 bits per heavy atom. The van der Waals surface area contributed by atoms with Crippen LogP contribution in [0.1, 0.15) is 6.92 Å². The lowest BCUT2D eigenvalue weighted by Crippen LogP contribution is -2.44. The van der Waals surface area contributed by atoms with E-state index in [1.165, 1.54) is 11.8 Å². The van der Waals surface area contributed by atoms with Crippen molar-refractivity contribution in [3.8, 4) is 5.75 Å². The molecule has 0 saturated heterocycles. The second-order valence-corrected chi connectivity index (χ2v) is 4.88. The van der Waals surface area contributed by atoms with E-state index in [-0.39, 0.29) is 5.75 Å². The van der Waals surface area contributed by atoms with Crippen molar-refractivity contribution in [2.24, 2.45) is 0 Å². The highest BCUT2D eigenvalue weighted by Crippen LogP contribution is 2.21. The minimum atomic E-state index is -1.26. The standard InChI is InChI=1S/C13H17NO5S/c1-2-19-9-3-5-10(6-4-9)20-8-12(16)14-11(7-15)13(17)18/h3-6,11,15H,2,7-8H2,1H3,(H,14,16)(H,17,18)/t11-/m1/s1. The molecule has 7 heteroatoms. The number of aliphatic carboxylic acids is 1. The average molecular weight is 299 g/mol. The molecule has 1 aromatic rings. The maximum absolute atomic E-state index is 11.5. The van der Waals surface area contributed by atoms with Gasteiger partial charge in [0.1, 0.15) is 11.8 Å². The van der Waals surface area contributed by atoms with Crippen LogP contribution in [0.3, 0.4) is 0 Å². The Labute approximate surface area is 121 Å². The van der Waals surface area contributed by atoms with Crippen molar-refractivity contribution in [3.63, 3.8) is 0 Å². The van der Waals surface area contributed by atoms with Gasteiger partial charge in [0.05, 0.1) is 19.0 Å². The molecule has 0 unspecified atom stereocenters. The van der Waals surface area contributed by atoms with Gasteiger partial charge in [-0.25, -0.2) is 4.79 Å². The van der Waals surface area contributed by atoms with Crippen LogP contribution in [0.2, 0.25) is 0 Å². The predicted octanol–water partition coefficient (Wildman–Crippen LogP) is 0.739. The van der Waals surface area contributed by atoms with Crippen LogP contribution >= 0.6 is 11.8 Å². The van der Waals surface area contributed by atoms with Crippen LogP contribution in [0.5, 0.6) is 5.75 Å². The van der Waals surface area contributed by atoms with E-state index in [1.54, 1.807) is 12.1 Å². The summed E-state index contributed by atoms with van der Waals surface area (Å²) in [5, 5.41) is 19.7. The lowest BCUT2D eigenvalue weighted by atomic mass is 10.3. The van der Waals surface area contributed by atoms with Crippen LogP contribution in [0, 0.1) is 0 Å². The van der Waals surface area contributed by atoms with Crippen molar-refractivity contribution in [2.45, 2.75) is 17.9 Å². The zero-order valence-corrected chi connectivity index (χ0v) is 11.9. The molecule has 0 aliphatic heterocycles. The van der Waals surface area contributed by atoms with Crippen LogP contribution in [0.4, 0.5) is 0 Å². The number of carbonyl (C=O) groups is 2. The number of hydrogen-bond donors (Lipinski definition) is 3. The molecule has 0 saturated carbocycles. The highest BCUT2D eigenvalue weighted by Gasteiger charge is 2.18. The molecule has 0 aromatic heterocycles. The second kappa shape index (κ2) is 8.44. The number of hydrogen-bond acceptors (Lipinski definition) is 5. The number of carboxylic acid groups (broad SMARTS) is 1. The highest BCUT2D eigenvalue weighted by atomic mass is 32.2. The number of amides is 1. The van der Waals surface area contributed by atoms with Gasteiger partial charge >= 0.3 is 5.97 Å². The Balaban J connectivity index is 2.42. The lowest BCUT2D eigenvalue weighted by Gasteiger charge is -2.11. The van der Waals surface area contributed by atoms with Gasteiger partial charge in [-0.15, -0.1) is 11.8 Å². The summed E-state index contributed by atoms with van der Waals surface area (Å²) in [5.41, 5.74) is 0. The molecule has 0 heterocycles. The topological polar surface area (TPSA) is 95.9 Å². The fourth-order valence-electron chi connectivity index (χ4n) is 1.37. The lowest BCUT2D eigenvalue weighted by molar-refractivity contribution is -0.142. The van der Waals surface area contributed by atoms with E-state index in [0.29, 0.717) is 6.61 Å². The summed E-state index contributed by atoms with van der Waals surface area (Å²) >= 11 is 1.28. The van der Waals surface area contributed by atoms with Crippen LogP contribution in [-0.2, 0) is 9.59 Å². The van der Waals surface area contributed by atoms with Gasteiger partial charge in [0.2, 0.25) is 5.91 Å². The minimum absolute atomic E-state index is 0.0811. The first-order valence-electron chi connectivity index (χ1n) is 6.05. The monoisotopic (exact) mass is 299 g/mol. The summed E-state index contributed by atoms with van der Waals surface area (Å²) in [4.78, 5) is 23.0. The van der Waals surface area contributed by atoms with Crippen molar-refractivity contribution in [1.29, 1.82) is 0 Å². The molecule has 0 fully saturated rings. The molecule has 20 heavy (non-hydrogen) atoms. The van der Waals surface area contributed by atoms with Gasteiger partial charge in [0, 0.05) is 4.90 Å². The van der Waals surface area contributed by atoms with Crippen molar-refractivity contribution in [1.82, 2.24) is 5.32 Å². The molecule has 0 radical (unpaired) electrons. The zero-order valence-electron chi connectivity index (χ0n) is 11.0. The zero-order chi connectivity index (χ0) is 15.0. The van der Waals surface area contributed by atoms with E-state index in [2.05, 4.69) is 5.32 Å². The van der Waals surface area contributed by atoms with Gasteiger partial charge in [-0.2, -0.15) is 0 Å². The Kier molecular flexibility index (Phi) is 6.89. The normalized spacial score (nSPS) is 11.7. The summed E-state index contributed by atoms with van der Waals surface area (Å²) in [7, 11) is 0. The number of rotatable bonds is 8. The van der Waals surface area contributed by atoms with Crippen molar-refractivity contribution < 1.29 is 24.5 Å². The van der Waals surface area contributed by atoms with E-state index < -0.39 is 24.5 Å². The summed E-state index contributed by atoms with van der Waals surface area (Å²) < 4.78 is 5.30. The van der Waals surface area contributed by atoms with Crippen molar-refractivity contribution in [3.05, 3.63) is 24.3 Å². The molecule has 0 aliphatic carbocycles. The first-order chi connectivity index (χ1) is 9.56. The quantitative estimate of drug-likeness (QED) is 0.613. The van der Waals surface area contributed by atoms with Crippen LogP contribution in [0.15, 0.2) is 29.2 Å². The van der Waals surface area contributed by atoms with Gasteiger partial charge < -0.3 is 20.3 Å². The van der Waals surface area contributed by atoms with E-state index in [1.807, 2.05) is 19.1 Å². The molecule has 1 aromatic carbocycles. The third-order valence-corrected chi connectivity index (χ3v) is 3.33. The van der Waals surface area contributed by atoms with Gasteiger partial charge in [0.25, 0.3) is 0 Å². The number of benzene rings is 1. The minimum Gasteiger partial charge on any atom is -0.494 e. The Morgan fingerprint density at radius 2 is 2.00 bits per heavy atom. The number of aliphatic hydroxyl groups excluding tert-OH is 1. The van der Waals surface area contributed by atoms with E-state index in [9.17, 15) is 9.59 Å². The first kappa shape index (κ1) is 16.3. The fraction of sp³-hybridized carbons (Fsp3) is 0.385. The maximum atomic E-state index is 11.5. The maximum Gasteiger partial charge on any atom is 0.328 e. The molecule has 0 spiro atoms. The smallest absolute Gasteiger partial charge is 0.328 e. The predicted molar refractivity (Wildman–Crippen MR) is 75.0 cm³/mol. The molecule has 6 nitrogen and oxygen atoms in total.